The van der Waals surface area contributed by atoms with E-state index in [0.717, 1.165) is 29.6 Å². The molecule has 1 atom stereocenters. The normalized spacial score (nSPS) is 15.1. The van der Waals surface area contributed by atoms with Gasteiger partial charge in [-0.25, -0.2) is 4.98 Å². The second-order valence-electron chi connectivity index (χ2n) is 8.21. The van der Waals surface area contributed by atoms with E-state index in [2.05, 4.69) is 15.3 Å². The number of imidazole rings is 1. The first kappa shape index (κ1) is 21.3. The van der Waals surface area contributed by atoms with Crippen LogP contribution in [0.5, 0.6) is 0 Å². The molecule has 5 rings (SSSR count). The number of hydrogen-bond acceptors (Lipinski definition) is 4. The Morgan fingerprint density at radius 2 is 2.09 bits per heavy atom. The summed E-state index contributed by atoms with van der Waals surface area (Å²) >= 11 is 6.10. The minimum atomic E-state index is -0.609. The van der Waals surface area contributed by atoms with E-state index in [1.54, 1.807) is 36.6 Å². The van der Waals surface area contributed by atoms with E-state index in [1.807, 2.05) is 30.0 Å². The van der Waals surface area contributed by atoms with Crippen LogP contribution in [-0.4, -0.2) is 28.3 Å². The number of aromatic nitrogens is 2. The zero-order valence-electron chi connectivity index (χ0n) is 18.1. The SMILES string of the molecule is Cc1cc(C(=O)NC(c2nc3cc(Cl)ccc3[nH]2)c2ccco2)ccc1N1CCCCC1=O. The lowest BCUT2D eigenvalue weighted by atomic mass is 10.0. The van der Waals surface area contributed by atoms with Crippen molar-refractivity contribution in [2.45, 2.75) is 32.2 Å². The summed E-state index contributed by atoms with van der Waals surface area (Å²) in [5, 5.41) is 3.61. The van der Waals surface area contributed by atoms with Crippen molar-refractivity contribution in [3.8, 4) is 0 Å². The van der Waals surface area contributed by atoms with E-state index >= 15 is 0 Å². The van der Waals surface area contributed by atoms with Crippen molar-refractivity contribution >= 4 is 40.1 Å². The highest BCUT2D eigenvalue weighted by Crippen LogP contribution is 2.27. The second-order valence-corrected chi connectivity index (χ2v) is 8.65. The van der Waals surface area contributed by atoms with Gasteiger partial charge in [-0.3, -0.25) is 9.59 Å². The molecule has 1 fully saturated rings. The first-order chi connectivity index (χ1) is 16.0. The molecule has 2 amide bonds. The van der Waals surface area contributed by atoms with Gasteiger partial charge in [0.25, 0.3) is 5.91 Å². The fourth-order valence-electron chi connectivity index (χ4n) is 4.24. The zero-order chi connectivity index (χ0) is 22.9. The third kappa shape index (κ3) is 4.24. The molecule has 33 heavy (non-hydrogen) atoms. The van der Waals surface area contributed by atoms with Crippen LogP contribution in [0.1, 0.15) is 52.8 Å². The van der Waals surface area contributed by atoms with Crippen molar-refractivity contribution in [3.05, 3.63) is 82.5 Å². The van der Waals surface area contributed by atoms with Gasteiger partial charge in [-0.15, -0.1) is 0 Å². The molecule has 0 spiro atoms. The molecule has 4 aromatic rings. The molecule has 1 unspecified atom stereocenters. The van der Waals surface area contributed by atoms with Crippen LogP contribution >= 0.6 is 11.6 Å². The van der Waals surface area contributed by atoms with Gasteiger partial charge in [0.05, 0.1) is 17.3 Å². The predicted molar refractivity (Wildman–Crippen MR) is 127 cm³/mol. The fourth-order valence-corrected chi connectivity index (χ4v) is 4.41. The number of aromatic amines is 1. The summed E-state index contributed by atoms with van der Waals surface area (Å²) in [6.45, 7) is 2.63. The maximum absolute atomic E-state index is 13.2. The number of carbonyl (C=O) groups is 2. The highest BCUT2D eigenvalue weighted by atomic mass is 35.5. The number of fused-ring (bicyclic) bond motifs is 1. The van der Waals surface area contributed by atoms with Crippen molar-refractivity contribution in [2.75, 3.05) is 11.4 Å². The number of aryl methyl sites for hydroxylation is 1. The third-order valence-corrected chi connectivity index (χ3v) is 6.15. The highest BCUT2D eigenvalue weighted by molar-refractivity contribution is 6.31. The standard InChI is InChI=1S/C25H23ClN4O3/c1-15-13-16(7-10-20(15)30-11-3-2-6-22(30)31)25(32)29-23(21-5-4-12-33-21)24-27-18-9-8-17(26)14-19(18)28-24/h4-5,7-10,12-14,23H,2-3,6,11H2,1H3,(H,27,28)(H,29,32). The van der Waals surface area contributed by atoms with Crippen LogP contribution in [-0.2, 0) is 4.79 Å². The summed E-state index contributed by atoms with van der Waals surface area (Å²) in [4.78, 5) is 35.2. The van der Waals surface area contributed by atoms with Crippen molar-refractivity contribution in [3.63, 3.8) is 0 Å². The minimum Gasteiger partial charge on any atom is -0.467 e. The van der Waals surface area contributed by atoms with Gasteiger partial charge in [0.15, 0.2) is 0 Å². The second kappa shape index (κ2) is 8.75. The molecule has 0 bridgehead atoms. The minimum absolute atomic E-state index is 0.129. The maximum Gasteiger partial charge on any atom is 0.252 e. The molecule has 0 radical (unpaired) electrons. The molecule has 8 heteroatoms. The third-order valence-electron chi connectivity index (χ3n) is 5.91. The summed E-state index contributed by atoms with van der Waals surface area (Å²) < 4.78 is 5.60. The van der Waals surface area contributed by atoms with E-state index in [1.165, 1.54) is 0 Å². The average Bonchev–Trinajstić information content (AvgIpc) is 3.47. The number of nitrogens with one attached hydrogen (secondary N) is 2. The van der Waals surface area contributed by atoms with Crippen LogP contribution in [0.25, 0.3) is 11.0 Å². The molecular formula is C25H23ClN4O3. The van der Waals surface area contributed by atoms with E-state index in [9.17, 15) is 9.59 Å². The molecule has 2 aromatic heterocycles. The quantitative estimate of drug-likeness (QED) is 0.429. The Hall–Kier alpha value is -3.58. The van der Waals surface area contributed by atoms with Crippen LogP contribution in [0.3, 0.4) is 0 Å². The average molecular weight is 463 g/mol. The Labute approximate surface area is 195 Å². The van der Waals surface area contributed by atoms with E-state index < -0.39 is 6.04 Å². The van der Waals surface area contributed by atoms with Gasteiger partial charge < -0.3 is 19.6 Å². The summed E-state index contributed by atoms with van der Waals surface area (Å²) in [7, 11) is 0. The molecule has 0 saturated carbocycles. The molecule has 0 aliphatic carbocycles. The molecular weight excluding hydrogens is 440 g/mol. The van der Waals surface area contributed by atoms with Gasteiger partial charge in [0.1, 0.15) is 17.6 Å². The number of amides is 2. The number of rotatable bonds is 5. The predicted octanol–water partition coefficient (Wildman–Crippen LogP) is 5.15. The molecule has 7 nitrogen and oxygen atoms in total. The lowest BCUT2D eigenvalue weighted by Crippen LogP contribution is -2.35. The number of halogens is 1. The number of benzene rings is 2. The first-order valence-electron chi connectivity index (χ1n) is 10.9. The van der Waals surface area contributed by atoms with E-state index in [4.69, 9.17) is 16.0 Å². The lowest BCUT2D eigenvalue weighted by molar-refractivity contribution is -0.119. The largest absolute Gasteiger partial charge is 0.467 e. The van der Waals surface area contributed by atoms with Crippen LogP contribution in [0.2, 0.25) is 5.02 Å². The fraction of sp³-hybridized carbons (Fsp3) is 0.240. The van der Waals surface area contributed by atoms with Gasteiger partial charge >= 0.3 is 0 Å². The van der Waals surface area contributed by atoms with Gasteiger partial charge in [0.2, 0.25) is 5.91 Å². The van der Waals surface area contributed by atoms with Crippen LogP contribution in [0, 0.1) is 6.92 Å². The number of carbonyl (C=O) groups excluding carboxylic acids is 2. The molecule has 168 valence electrons. The summed E-state index contributed by atoms with van der Waals surface area (Å²) in [5.41, 5.74) is 3.75. The molecule has 2 aromatic carbocycles. The van der Waals surface area contributed by atoms with Crippen molar-refractivity contribution in [2.24, 2.45) is 0 Å². The van der Waals surface area contributed by atoms with E-state index in [-0.39, 0.29) is 11.8 Å². The van der Waals surface area contributed by atoms with Crippen molar-refractivity contribution < 1.29 is 14.0 Å². The molecule has 3 heterocycles. The Morgan fingerprint density at radius 1 is 1.21 bits per heavy atom. The number of furan rings is 1. The van der Waals surface area contributed by atoms with Gasteiger partial charge in [-0.05, 0) is 73.9 Å². The summed E-state index contributed by atoms with van der Waals surface area (Å²) in [6.07, 6.45) is 4.04. The number of H-pyrrole nitrogens is 1. The number of anilines is 1. The Morgan fingerprint density at radius 3 is 2.85 bits per heavy atom. The first-order valence-corrected chi connectivity index (χ1v) is 11.3. The summed E-state index contributed by atoms with van der Waals surface area (Å²) in [5.74, 6) is 0.961. The number of hydrogen-bond donors (Lipinski definition) is 2. The lowest BCUT2D eigenvalue weighted by Gasteiger charge is -2.28. The topological polar surface area (TPSA) is 91.2 Å². The van der Waals surface area contributed by atoms with Gasteiger partial charge in [-0.1, -0.05) is 11.6 Å². The van der Waals surface area contributed by atoms with Crippen molar-refractivity contribution in [1.29, 1.82) is 0 Å². The van der Waals surface area contributed by atoms with Crippen LogP contribution < -0.4 is 10.2 Å². The molecule has 1 aliphatic rings. The maximum atomic E-state index is 13.2. The smallest absolute Gasteiger partial charge is 0.252 e. The number of nitrogens with zero attached hydrogens (tertiary/aromatic N) is 2. The Bertz CT molecular complexity index is 1330. The molecule has 2 N–H and O–H groups in total. The zero-order valence-corrected chi connectivity index (χ0v) is 18.9. The monoisotopic (exact) mass is 462 g/mol. The Kier molecular flexibility index (Phi) is 5.64. The van der Waals surface area contributed by atoms with Crippen molar-refractivity contribution in [1.82, 2.24) is 15.3 Å². The van der Waals surface area contributed by atoms with Gasteiger partial charge in [-0.2, -0.15) is 0 Å². The van der Waals surface area contributed by atoms with Gasteiger partial charge in [0, 0.05) is 29.2 Å². The number of piperidine rings is 1. The van der Waals surface area contributed by atoms with Crippen LogP contribution in [0.4, 0.5) is 5.69 Å². The molecule has 1 aliphatic heterocycles. The van der Waals surface area contributed by atoms with E-state index in [0.29, 0.717) is 40.7 Å². The summed E-state index contributed by atoms with van der Waals surface area (Å²) in [6, 6.07) is 13.7. The van der Waals surface area contributed by atoms with Crippen LogP contribution in [0.15, 0.2) is 59.2 Å². The Balaban J connectivity index is 1.43. The highest BCUT2D eigenvalue weighted by Gasteiger charge is 2.25. The molecule has 1 saturated heterocycles.